The molecule has 0 saturated heterocycles. The Morgan fingerprint density at radius 1 is 0.290 bits per heavy atom. The quantitative estimate of drug-likeness (QED) is 0.250. The van der Waals surface area contributed by atoms with Gasteiger partial charge < -0.3 is 0 Å². The van der Waals surface area contributed by atoms with Crippen LogP contribution in [0.25, 0.3) is 44.5 Å². The van der Waals surface area contributed by atoms with Crippen LogP contribution in [0, 0.1) is 0 Å². The molecule has 0 aromatic heterocycles. The minimum absolute atomic E-state index is 1.10. The van der Waals surface area contributed by atoms with Crippen LogP contribution in [0.5, 0.6) is 0 Å². The first-order valence-electron chi connectivity index (χ1n) is 10.4. The van der Waals surface area contributed by atoms with Crippen molar-refractivity contribution in [1.82, 2.24) is 0 Å². The minimum atomic E-state index is 1.10. The van der Waals surface area contributed by atoms with Gasteiger partial charge in [0.05, 0.1) is 0 Å². The maximum Gasteiger partial charge on any atom is 0.0181 e. The van der Waals surface area contributed by atoms with Crippen molar-refractivity contribution in [2.45, 2.75) is 0 Å². The lowest BCUT2D eigenvalue weighted by Gasteiger charge is -2.09. The summed E-state index contributed by atoms with van der Waals surface area (Å²) in [6, 6.07) is 45.3. The molecule has 0 atom stereocenters. The second-order valence-electron chi connectivity index (χ2n) is 7.61. The highest BCUT2D eigenvalue weighted by atomic mass is 79.9. The molecule has 0 fully saturated rings. The standard InChI is InChI=1S/C30H21Br/c31-30-11-5-10-29(21-30)26-18-14-24(15-19-26)23-12-16-25(17-13-23)28-9-4-8-27(20-28)22-6-2-1-3-7-22/h1-21H. The third-order valence-corrected chi connectivity index (χ3v) is 6.06. The number of rotatable bonds is 4. The van der Waals surface area contributed by atoms with Crippen LogP contribution in [-0.4, -0.2) is 0 Å². The van der Waals surface area contributed by atoms with Gasteiger partial charge in [-0.05, 0) is 62.7 Å². The highest BCUT2D eigenvalue weighted by Gasteiger charge is 2.04. The lowest BCUT2D eigenvalue weighted by molar-refractivity contribution is 1.56. The van der Waals surface area contributed by atoms with Crippen LogP contribution >= 0.6 is 15.9 Å². The predicted octanol–water partition coefficient (Wildman–Crippen LogP) is 9.12. The Labute approximate surface area is 192 Å². The number of halogens is 1. The third-order valence-electron chi connectivity index (χ3n) is 5.56. The van der Waals surface area contributed by atoms with Crippen LogP contribution in [0.3, 0.4) is 0 Å². The first kappa shape index (κ1) is 19.5. The molecule has 1 heteroatoms. The van der Waals surface area contributed by atoms with E-state index in [1.54, 1.807) is 0 Å². The zero-order chi connectivity index (χ0) is 21.0. The molecule has 0 aliphatic rings. The Bertz CT molecular complexity index is 1300. The van der Waals surface area contributed by atoms with Gasteiger partial charge in [-0.1, -0.05) is 125 Å². The molecule has 148 valence electrons. The van der Waals surface area contributed by atoms with E-state index in [0.717, 1.165) is 4.47 Å². The molecule has 5 rings (SSSR count). The van der Waals surface area contributed by atoms with Crippen LogP contribution < -0.4 is 0 Å². The van der Waals surface area contributed by atoms with Gasteiger partial charge in [-0.25, -0.2) is 0 Å². The molecule has 0 nitrogen and oxygen atoms in total. The van der Waals surface area contributed by atoms with Gasteiger partial charge in [-0.3, -0.25) is 0 Å². The molecule has 31 heavy (non-hydrogen) atoms. The smallest absolute Gasteiger partial charge is 0.0181 e. The summed E-state index contributed by atoms with van der Waals surface area (Å²) in [4.78, 5) is 0. The SMILES string of the molecule is Brc1cccc(-c2ccc(-c3ccc(-c4cccc(-c5ccccc5)c4)cc3)cc2)c1. The van der Waals surface area contributed by atoms with Gasteiger partial charge in [0, 0.05) is 4.47 Å². The Morgan fingerprint density at radius 2 is 0.645 bits per heavy atom. The van der Waals surface area contributed by atoms with Gasteiger partial charge in [0.25, 0.3) is 0 Å². The number of benzene rings is 5. The van der Waals surface area contributed by atoms with E-state index >= 15 is 0 Å². The molecule has 0 radical (unpaired) electrons. The van der Waals surface area contributed by atoms with Crippen molar-refractivity contribution >= 4 is 15.9 Å². The summed E-state index contributed by atoms with van der Waals surface area (Å²) < 4.78 is 1.10. The Kier molecular flexibility index (Phi) is 5.52. The normalized spacial score (nSPS) is 10.7. The van der Waals surface area contributed by atoms with Crippen molar-refractivity contribution in [3.63, 3.8) is 0 Å². The molecule has 0 spiro atoms. The van der Waals surface area contributed by atoms with Gasteiger partial charge in [-0.15, -0.1) is 0 Å². The van der Waals surface area contributed by atoms with Crippen molar-refractivity contribution in [3.8, 4) is 44.5 Å². The van der Waals surface area contributed by atoms with Gasteiger partial charge in [-0.2, -0.15) is 0 Å². The van der Waals surface area contributed by atoms with Crippen LogP contribution in [0.15, 0.2) is 132 Å². The summed E-state index contributed by atoms with van der Waals surface area (Å²) >= 11 is 3.55. The average Bonchev–Trinajstić information content (AvgIpc) is 2.85. The highest BCUT2D eigenvalue weighted by Crippen LogP contribution is 2.30. The van der Waals surface area contributed by atoms with Crippen LogP contribution in [-0.2, 0) is 0 Å². The van der Waals surface area contributed by atoms with Crippen molar-refractivity contribution in [3.05, 3.63) is 132 Å². The van der Waals surface area contributed by atoms with Gasteiger partial charge in [0.1, 0.15) is 0 Å². The lowest BCUT2D eigenvalue weighted by Crippen LogP contribution is -1.83. The molecule has 0 bridgehead atoms. The van der Waals surface area contributed by atoms with E-state index in [9.17, 15) is 0 Å². The van der Waals surface area contributed by atoms with Gasteiger partial charge in [0.2, 0.25) is 0 Å². The van der Waals surface area contributed by atoms with Crippen molar-refractivity contribution in [2.75, 3.05) is 0 Å². The van der Waals surface area contributed by atoms with E-state index in [1.807, 2.05) is 0 Å². The zero-order valence-electron chi connectivity index (χ0n) is 17.0. The first-order chi connectivity index (χ1) is 15.3. The summed E-state index contributed by atoms with van der Waals surface area (Å²) in [5.74, 6) is 0. The summed E-state index contributed by atoms with van der Waals surface area (Å²) in [6.45, 7) is 0. The number of hydrogen-bond donors (Lipinski definition) is 0. The fourth-order valence-corrected chi connectivity index (χ4v) is 4.29. The van der Waals surface area contributed by atoms with E-state index < -0.39 is 0 Å². The zero-order valence-corrected chi connectivity index (χ0v) is 18.6. The van der Waals surface area contributed by atoms with Crippen LogP contribution in [0.2, 0.25) is 0 Å². The maximum atomic E-state index is 3.55. The van der Waals surface area contributed by atoms with Crippen molar-refractivity contribution < 1.29 is 0 Å². The second-order valence-corrected chi connectivity index (χ2v) is 8.53. The summed E-state index contributed by atoms with van der Waals surface area (Å²) in [7, 11) is 0. The van der Waals surface area contributed by atoms with E-state index in [1.165, 1.54) is 44.5 Å². The van der Waals surface area contributed by atoms with Crippen molar-refractivity contribution in [2.24, 2.45) is 0 Å². The highest BCUT2D eigenvalue weighted by molar-refractivity contribution is 9.10. The topological polar surface area (TPSA) is 0 Å². The molecule has 0 unspecified atom stereocenters. The van der Waals surface area contributed by atoms with Crippen LogP contribution in [0.4, 0.5) is 0 Å². The third kappa shape index (κ3) is 4.38. The average molecular weight is 461 g/mol. The minimum Gasteiger partial charge on any atom is -0.0622 e. The fourth-order valence-electron chi connectivity index (χ4n) is 3.89. The largest absolute Gasteiger partial charge is 0.0622 e. The molecule has 0 saturated carbocycles. The summed E-state index contributed by atoms with van der Waals surface area (Å²) in [6.07, 6.45) is 0. The predicted molar refractivity (Wildman–Crippen MR) is 136 cm³/mol. The molecule has 0 heterocycles. The molecule has 5 aromatic rings. The molecule has 0 amide bonds. The molecule has 5 aromatic carbocycles. The van der Waals surface area contributed by atoms with Crippen LogP contribution in [0.1, 0.15) is 0 Å². The van der Waals surface area contributed by atoms with E-state index in [-0.39, 0.29) is 0 Å². The maximum absolute atomic E-state index is 3.55. The monoisotopic (exact) mass is 460 g/mol. The first-order valence-corrected chi connectivity index (χ1v) is 11.2. The molecule has 0 aliphatic carbocycles. The molecule has 0 aliphatic heterocycles. The Balaban J connectivity index is 1.39. The van der Waals surface area contributed by atoms with E-state index in [0.29, 0.717) is 0 Å². The van der Waals surface area contributed by atoms with Gasteiger partial charge >= 0.3 is 0 Å². The summed E-state index contributed by atoms with van der Waals surface area (Å²) in [5, 5.41) is 0. The molecular formula is C30H21Br. The second kappa shape index (κ2) is 8.75. The molecular weight excluding hydrogens is 440 g/mol. The van der Waals surface area contributed by atoms with Gasteiger partial charge in [0.15, 0.2) is 0 Å². The summed E-state index contributed by atoms with van der Waals surface area (Å²) in [5.41, 5.74) is 9.84. The Hall–Kier alpha value is -3.42. The van der Waals surface area contributed by atoms with E-state index in [4.69, 9.17) is 0 Å². The lowest BCUT2D eigenvalue weighted by atomic mass is 9.96. The van der Waals surface area contributed by atoms with E-state index in [2.05, 4.69) is 143 Å². The van der Waals surface area contributed by atoms with Crippen molar-refractivity contribution in [1.29, 1.82) is 0 Å². The molecule has 0 N–H and O–H groups in total. The fraction of sp³-hybridized carbons (Fsp3) is 0. The Morgan fingerprint density at radius 3 is 1.13 bits per heavy atom. The number of hydrogen-bond acceptors (Lipinski definition) is 0.